The largest absolute Gasteiger partial charge is 0.433 e. The molecule has 2 amide bonds. The van der Waals surface area contributed by atoms with Gasteiger partial charge in [-0.15, -0.1) is 11.3 Å². The lowest BCUT2D eigenvalue weighted by molar-refractivity contribution is -0.142. The van der Waals surface area contributed by atoms with E-state index in [2.05, 4.69) is 20.6 Å². The Morgan fingerprint density at radius 1 is 0.947 bits per heavy atom. The van der Waals surface area contributed by atoms with E-state index in [4.69, 9.17) is 0 Å². The molecule has 0 spiro atoms. The number of rotatable bonds is 7. The van der Waals surface area contributed by atoms with Crippen molar-refractivity contribution in [1.82, 2.24) is 15.3 Å². The van der Waals surface area contributed by atoms with Crippen LogP contribution in [0.3, 0.4) is 0 Å². The number of alkyl halides is 3. The molecule has 2 aliphatic carbocycles. The molecule has 0 bridgehead atoms. The lowest BCUT2D eigenvalue weighted by atomic mass is 9.94. The van der Waals surface area contributed by atoms with Crippen LogP contribution in [0.5, 0.6) is 0 Å². The minimum Gasteiger partial charge on any atom is -0.348 e. The fourth-order valence-corrected chi connectivity index (χ4v) is 6.89. The number of aromatic nitrogens is 2. The number of aryl methyl sites for hydroxylation is 2. The molecule has 200 valence electrons. The van der Waals surface area contributed by atoms with E-state index in [1.165, 1.54) is 11.3 Å². The fourth-order valence-electron chi connectivity index (χ4n) is 4.92. The van der Waals surface area contributed by atoms with Crippen molar-refractivity contribution >= 4 is 39.9 Å². The maximum Gasteiger partial charge on any atom is 0.433 e. The van der Waals surface area contributed by atoms with Crippen LogP contribution in [0.25, 0.3) is 0 Å². The van der Waals surface area contributed by atoms with Crippen LogP contribution in [0, 0.1) is 0 Å². The molecule has 11 heteroatoms. The van der Waals surface area contributed by atoms with Gasteiger partial charge in [0.15, 0.2) is 10.9 Å². The number of amides is 2. The summed E-state index contributed by atoms with van der Waals surface area (Å²) in [6.07, 6.45) is 1.31. The Balaban J connectivity index is 1.30. The molecule has 0 saturated heterocycles. The number of halogens is 3. The van der Waals surface area contributed by atoms with Gasteiger partial charge in [0.05, 0.1) is 11.3 Å². The van der Waals surface area contributed by atoms with Gasteiger partial charge in [-0.2, -0.15) is 13.2 Å². The standard InChI is InChI=1S/C27H27F3N4O2S2/c28-27(29,30)23-17-10-4-6-12-19(17)32-26(34-23)37-15-21(35)33-25-22(18-11-5-7-13-20(18)38-25)24(36)31-14-16-8-2-1-3-9-16/h1-3,8-9H,4-7,10-15H2,(H,31,36)(H,33,35). The second-order valence-electron chi connectivity index (χ2n) is 9.41. The smallest absolute Gasteiger partial charge is 0.348 e. The predicted octanol–water partition coefficient (Wildman–Crippen LogP) is 5.98. The van der Waals surface area contributed by atoms with E-state index < -0.39 is 17.8 Å². The van der Waals surface area contributed by atoms with E-state index in [-0.39, 0.29) is 22.4 Å². The summed E-state index contributed by atoms with van der Waals surface area (Å²) >= 11 is 2.28. The molecule has 0 unspecified atom stereocenters. The highest BCUT2D eigenvalue weighted by atomic mass is 32.2. The zero-order chi connectivity index (χ0) is 26.7. The molecule has 1 aromatic carbocycles. The van der Waals surface area contributed by atoms with Crippen molar-refractivity contribution in [3.63, 3.8) is 0 Å². The second kappa shape index (κ2) is 11.4. The van der Waals surface area contributed by atoms with Gasteiger partial charge < -0.3 is 10.6 Å². The van der Waals surface area contributed by atoms with Crippen molar-refractivity contribution in [3.8, 4) is 0 Å². The van der Waals surface area contributed by atoms with Crippen LogP contribution in [0.15, 0.2) is 35.5 Å². The Kier molecular flexibility index (Phi) is 8.04. The van der Waals surface area contributed by atoms with Crippen molar-refractivity contribution in [2.75, 3.05) is 11.1 Å². The Bertz CT molecular complexity index is 1340. The molecule has 0 aliphatic heterocycles. The molecule has 2 aromatic heterocycles. The number of hydrogen-bond acceptors (Lipinski definition) is 6. The number of anilines is 1. The van der Waals surface area contributed by atoms with Gasteiger partial charge in [-0.1, -0.05) is 42.1 Å². The van der Waals surface area contributed by atoms with Crippen molar-refractivity contribution in [1.29, 1.82) is 0 Å². The fraction of sp³-hybridized carbons (Fsp3) is 0.407. The van der Waals surface area contributed by atoms with Crippen LogP contribution < -0.4 is 10.6 Å². The molecule has 0 saturated carbocycles. The highest BCUT2D eigenvalue weighted by Gasteiger charge is 2.38. The second-order valence-corrected chi connectivity index (χ2v) is 11.5. The molecular weight excluding hydrogens is 533 g/mol. The van der Waals surface area contributed by atoms with Crippen LogP contribution in [0.4, 0.5) is 18.2 Å². The van der Waals surface area contributed by atoms with Gasteiger partial charge >= 0.3 is 6.18 Å². The van der Waals surface area contributed by atoms with Crippen LogP contribution in [0.2, 0.25) is 0 Å². The summed E-state index contributed by atoms with van der Waals surface area (Å²) in [7, 11) is 0. The van der Waals surface area contributed by atoms with E-state index in [1.807, 2.05) is 30.3 Å². The summed E-state index contributed by atoms with van der Waals surface area (Å²) in [5, 5.41) is 6.23. The first-order valence-corrected chi connectivity index (χ1v) is 14.5. The molecule has 38 heavy (non-hydrogen) atoms. The van der Waals surface area contributed by atoms with E-state index >= 15 is 0 Å². The van der Waals surface area contributed by atoms with Crippen LogP contribution >= 0.6 is 23.1 Å². The quantitative estimate of drug-likeness (QED) is 0.275. The lowest BCUT2D eigenvalue weighted by Gasteiger charge is -2.20. The predicted molar refractivity (Wildman–Crippen MR) is 142 cm³/mol. The number of benzene rings is 1. The van der Waals surface area contributed by atoms with Gasteiger partial charge in [0.1, 0.15) is 5.00 Å². The SMILES string of the molecule is O=C(CSc1nc2c(c(C(F)(F)F)n1)CCCC2)Nc1sc2c(c1C(=O)NCc1ccccc1)CCCC2. The third-order valence-electron chi connectivity index (χ3n) is 6.71. The highest BCUT2D eigenvalue weighted by molar-refractivity contribution is 7.99. The first-order chi connectivity index (χ1) is 18.3. The maximum absolute atomic E-state index is 13.6. The van der Waals surface area contributed by atoms with E-state index in [0.29, 0.717) is 42.1 Å². The lowest BCUT2D eigenvalue weighted by Crippen LogP contribution is -2.25. The average Bonchev–Trinajstić information content (AvgIpc) is 3.28. The molecule has 2 heterocycles. The number of thiophene rings is 1. The maximum atomic E-state index is 13.6. The third kappa shape index (κ3) is 6.04. The van der Waals surface area contributed by atoms with Crippen molar-refractivity contribution in [2.24, 2.45) is 0 Å². The molecule has 6 nitrogen and oxygen atoms in total. The number of nitrogens with one attached hydrogen (secondary N) is 2. The Morgan fingerprint density at radius 3 is 2.42 bits per heavy atom. The molecule has 0 atom stereocenters. The van der Waals surface area contributed by atoms with Crippen LogP contribution in [-0.4, -0.2) is 27.5 Å². The Morgan fingerprint density at radius 2 is 1.66 bits per heavy atom. The van der Waals surface area contributed by atoms with E-state index in [0.717, 1.165) is 59.9 Å². The topological polar surface area (TPSA) is 84.0 Å². The van der Waals surface area contributed by atoms with Gasteiger partial charge in [-0.25, -0.2) is 9.97 Å². The summed E-state index contributed by atoms with van der Waals surface area (Å²) in [5.41, 5.74) is 2.13. The number of carbonyl (C=O) groups excluding carboxylic acids is 2. The van der Waals surface area contributed by atoms with Gasteiger partial charge in [0.2, 0.25) is 5.91 Å². The summed E-state index contributed by atoms with van der Waals surface area (Å²) in [5.74, 6) is -0.825. The number of hydrogen-bond donors (Lipinski definition) is 2. The molecule has 0 radical (unpaired) electrons. The molecule has 0 fully saturated rings. The zero-order valence-corrected chi connectivity index (χ0v) is 22.3. The minimum absolute atomic E-state index is 0.0561. The molecule has 2 N–H and O–H groups in total. The highest BCUT2D eigenvalue weighted by Crippen LogP contribution is 2.39. The summed E-state index contributed by atoms with van der Waals surface area (Å²) in [4.78, 5) is 35.3. The number of fused-ring (bicyclic) bond motifs is 2. The number of thioether (sulfide) groups is 1. The van der Waals surface area contributed by atoms with Crippen molar-refractivity contribution in [3.05, 3.63) is 68.9 Å². The van der Waals surface area contributed by atoms with Crippen LogP contribution in [0.1, 0.15) is 69.0 Å². The van der Waals surface area contributed by atoms with Gasteiger partial charge in [0, 0.05) is 22.7 Å². The zero-order valence-electron chi connectivity index (χ0n) is 20.6. The third-order valence-corrected chi connectivity index (χ3v) is 8.77. The minimum atomic E-state index is -4.57. The first-order valence-electron chi connectivity index (χ1n) is 12.7. The number of nitrogens with zero attached hydrogens (tertiary/aromatic N) is 2. The monoisotopic (exact) mass is 560 g/mol. The average molecular weight is 561 g/mol. The Labute approximate surface area is 226 Å². The molecule has 3 aromatic rings. The summed E-state index contributed by atoms with van der Waals surface area (Å²) in [6, 6.07) is 9.57. The summed E-state index contributed by atoms with van der Waals surface area (Å²) in [6.45, 7) is 0.366. The van der Waals surface area contributed by atoms with E-state index in [1.54, 1.807) is 0 Å². The Hall–Kier alpha value is -2.92. The molecule has 5 rings (SSSR count). The first kappa shape index (κ1) is 26.7. The van der Waals surface area contributed by atoms with Crippen molar-refractivity contribution < 1.29 is 22.8 Å². The number of carbonyl (C=O) groups is 2. The molecular formula is C27H27F3N4O2S2. The van der Waals surface area contributed by atoms with Crippen molar-refractivity contribution in [2.45, 2.75) is 69.2 Å². The van der Waals surface area contributed by atoms with Gasteiger partial charge in [-0.3, -0.25) is 9.59 Å². The molecule has 2 aliphatic rings. The summed E-state index contributed by atoms with van der Waals surface area (Å²) < 4.78 is 40.9. The van der Waals surface area contributed by atoms with E-state index in [9.17, 15) is 22.8 Å². The normalized spacial score (nSPS) is 14.9. The van der Waals surface area contributed by atoms with Crippen LogP contribution in [-0.2, 0) is 43.2 Å². The van der Waals surface area contributed by atoms with Gasteiger partial charge in [-0.05, 0) is 62.5 Å². The van der Waals surface area contributed by atoms with Gasteiger partial charge in [0.25, 0.3) is 5.91 Å².